The van der Waals surface area contributed by atoms with Crippen LogP contribution in [0.15, 0.2) is 30.3 Å². The van der Waals surface area contributed by atoms with E-state index in [0.29, 0.717) is 50.6 Å². The number of aliphatic hydroxyl groups is 1. The lowest BCUT2D eigenvalue weighted by atomic mass is 9.94. The Morgan fingerprint density at radius 2 is 1.97 bits per heavy atom. The van der Waals surface area contributed by atoms with Crippen LogP contribution in [0.3, 0.4) is 0 Å². The summed E-state index contributed by atoms with van der Waals surface area (Å²) in [6.07, 6.45) is 4.86. The summed E-state index contributed by atoms with van der Waals surface area (Å²) in [5.74, 6) is -0.188. The standard InChI is InChI=1S/C24H32ClN3O4/c1-18-17-27(12-8-21(29)26-14-10-24(2,32)11-15-26)22(30)9-13-28(18)23(31)7-6-19-4-3-5-20(25)16-19/h3-7,16,18,32H,8-15,17H2,1-2H3/t18-/m1/s1. The average molecular weight is 462 g/mol. The van der Waals surface area contributed by atoms with Crippen LogP contribution in [-0.4, -0.2) is 81.9 Å². The van der Waals surface area contributed by atoms with Crippen LogP contribution in [0.4, 0.5) is 0 Å². The zero-order valence-electron chi connectivity index (χ0n) is 18.8. The minimum absolute atomic E-state index is 0.00240. The largest absolute Gasteiger partial charge is 0.390 e. The summed E-state index contributed by atoms with van der Waals surface area (Å²) >= 11 is 5.99. The van der Waals surface area contributed by atoms with Gasteiger partial charge in [0.2, 0.25) is 17.7 Å². The van der Waals surface area contributed by atoms with E-state index in [9.17, 15) is 19.5 Å². The summed E-state index contributed by atoms with van der Waals surface area (Å²) in [5, 5.41) is 10.7. The second-order valence-corrected chi connectivity index (χ2v) is 9.42. The lowest BCUT2D eigenvalue weighted by molar-refractivity contribution is -0.136. The number of halogens is 1. The third-order valence-electron chi connectivity index (χ3n) is 6.27. The number of rotatable bonds is 5. The molecule has 0 saturated carbocycles. The van der Waals surface area contributed by atoms with Gasteiger partial charge < -0.3 is 19.8 Å². The van der Waals surface area contributed by atoms with Gasteiger partial charge in [-0.2, -0.15) is 0 Å². The SMILES string of the molecule is C[C@@H]1CN(CCC(=O)N2CCC(C)(O)CC2)C(=O)CCN1C(=O)C=Cc1cccc(Cl)c1. The first-order chi connectivity index (χ1) is 15.1. The lowest BCUT2D eigenvalue weighted by Crippen LogP contribution is -2.46. The molecule has 174 valence electrons. The molecule has 2 heterocycles. The van der Waals surface area contributed by atoms with Gasteiger partial charge in [-0.3, -0.25) is 14.4 Å². The molecule has 2 aliphatic rings. The highest BCUT2D eigenvalue weighted by Crippen LogP contribution is 2.22. The number of piperidine rings is 1. The second kappa shape index (κ2) is 10.5. The molecule has 2 fully saturated rings. The minimum Gasteiger partial charge on any atom is -0.390 e. The van der Waals surface area contributed by atoms with E-state index in [1.807, 2.05) is 19.1 Å². The zero-order chi connectivity index (χ0) is 23.3. The molecule has 32 heavy (non-hydrogen) atoms. The van der Waals surface area contributed by atoms with Crippen molar-refractivity contribution in [2.24, 2.45) is 0 Å². The number of carbonyl (C=O) groups excluding carboxylic acids is 3. The monoisotopic (exact) mass is 461 g/mol. The Hall–Kier alpha value is -2.38. The number of nitrogens with zero attached hydrogens (tertiary/aromatic N) is 3. The van der Waals surface area contributed by atoms with Crippen LogP contribution < -0.4 is 0 Å². The fourth-order valence-electron chi connectivity index (χ4n) is 4.16. The number of hydrogen-bond acceptors (Lipinski definition) is 4. The highest BCUT2D eigenvalue weighted by atomic mass is 35.5. The molecule has 3 rings (SSSR count). The fraction of sp³-hybridized carbons (Fsp3) is 0.542. The van der Waals surface area contributed by atoms with Gasteiger partial charge >= 0.3 is 0 Å². The van der Waals surface area contributed by atoms with E-state index in [1.54, 1.807) is 39.8 Å². The Labute approximate surface area is 194 Å². The maximum absolute atomic E-state index is 12.8. The van der Waals surface area contributed by atoms with Crippen LogP contribution in [0.2, 0.25) is 5.02 Å². The third-order valence-corrected chi connectivity index (χ3v) is 6.51. The third kappa shape index (κ3) is 6.56. The summed E-state index contributed by atoms with van der Waals surface area (Å²) < 4.78 is 0. The van der Waals surface area contributed by atoms with Gasteiger partial charge in [-0.1, -0.05) is 23.7 Å². The van der Waals surface area contributed by atoms with Crippen molar-refractivity contribution >= 4 is 35.4 Å². The quantitative estimate of drug-likeness (QED) is 0.683. The normalized spacial score (nSPS) is 21.7. The van der Waals surface area contributed by atoms with Crippen molar-refractivity contribution < 1.29 is 19.5 Å². The Kier molecular flexibility index (Phi) is 7.96. The summed E-state index contributed by atoms with van der Waals surface area (Å²) in [6.45, 7) is 5.89. The molecule has 1 aromatic rings. The van der Waals surface area contributed by atoms with Crippen molar-refractivity contribution in [2.45, 2.75) is 51.2 Å². The molecule has 0 aromatic heterocycles. The fourth-order valence-corrected chi connectivity index (χ4v) is 4.36. The van der Waals surface area contributed by atoms with Crippen LogP contribution in [0.1, 0.15) is 45.1 Å². The number of likely N-dealkylation sites (tertiary alicyclic amines) is 1. The Bertz CT molecular complexity index is 876. The maximum Gasteiger partial charge on any atom is 0.246 e. The van der Waals surface area contributed by atoms with Crippen LogP contribution in [0.25, 0.3) is 6.08 Å². The Morgan fingerprint density at radius 3 is 2.66 bits per heavy atom. The molecular formula is C24H32ClN3O4. The number of amides is 3. The van der Waals surface area contributed by atoms with Crippen LogP contribution >= 0.6 is 11.6 Å². The number of carbonyl (C=O) groups is 3. The molecule has 8 heteroatoms. The highest BCUT2D eigenvalue weighted by Gasteiger charge is 2.31. The van der Waals surface area contributed by atoms with E-state index < -0.39 is 5.60 Å². The molecule has 0 aliphatic carbocycles. The lowest BCUT2D eigenvalue weighted by Gasteiger charge is -2.36. The summed E-state index contributed by atoms with van der Waals surface area (Å²) in [6, 6.07) is 7.09. The first-order valence-corrected chi connectivity index (χ1v) is 11.5. The first kappa shape index (κ1) is 24.3. The molecule has 1 aromatic carbocycles. The van der Waals surface area contributed by atoms with Gasteiger partial charge in [0, 0.05) is 62.7 Å². The van der Waals surface area contributed by atoms with Crippen molar-refractivity contribution in [1.29, 1.82) is 0 Å². The molecule has 1 atom stereocenters. The zero-order valence-corrected chi connectivity index (χ0v) is 19.6. The summed E-state index contributed by atoms with van der Waals surface area (Å²) in [5.41, 5.74) is 0.133. The van der Waals surface area contributed by atoms with Gasteiger partial charge in [-0.05, 0) is 50.5 Å². The van der Waals surface area contributed by atoms with Gasteiger partial charge in [0.1, 0.15) is 0 Å². The molecule has 7 nitrogen and oxygen atoms in total. The van der Waals surface area contributed by atoms with Gasteiger partial charge in [0.25, 0.3) is 0 Å². The van der Waals surface area contributed by atoms with E-state index in [2.05, 4.69) is 0 Å². The molecule has 0 radical (unpaired) electrons. The van der Waals surface area contributed by atoms with Crippen molar-refractivity contribution in [2.75, 3.05) is 32.7 Å². The van der Waals surface area contributed by atoms with E-state index in [-0.39, 0.29) is 36.6 Å². The minimum atomic E-state index is -0.704. The van der Waals surface area contributed by atoms with E-state index in [0.717, 1.165) is 5.56 Å². The number of hydrogen-bond donors (Lipinski definition) is 1. The predicted molar refractivity (Wildman–Crippen MR) is 124 cm³/mol. The molecule has 1 N–H and O–H groups in total. The molecular weight excluding hydrogens is 430 g/mol. The summed E-state index contributed by atoms with van der Waals surface area (Å²) in [7, 11) is 0. The van der Waals surface area contributed by atoms with Crippen molar-refractivity contribution in [1.82, 2.24) is 14.7 Å². The van der Waals surface area contributed by atoms with Crippen LogP contribution in [0.5, 0.6) is 0 Å². The van der Waals surface area contributed by atoms with E-state index in [4.69, 9.17) is 11.6 Å². The van der Waals surface area contributed by atoms with Crippen molar-refractivity contribution in [3.8, 4) is 0 Å². The van der Waals surface area contributed by atoms with Gasteiger partial charge in [0.15, 0.2) is 0 Å². The molecule has 2 saturated heterocycles. The maximum atomic E-state index is 12.8. The van der Waals surface area contributed by atoms with Gasteiger partial charge in [-0.25, -0.2) is 0 Å². The molecule has 0 spiro atoms. The summed E-state index contributed by atoms with van der Waals surface area (Å²) in [4.78, 5) is 43.1. The second-order valence-electron chi connectivity index (χ2n) is 8.99. The Morgan fingerprint density at radius 1 is 1.25 bits per heavy atom. The predicted octanol–water partition coefficient (Wildman–Crippen LogP) is 2.57. The smallest absolute Gasteiger partial charge is 0.246 e. The molecule has 0 bridgehead atoms. The topological polar surface area (TPSA) is 81.2 Å². The average Bonchev–Trinajstić information content (AvgIpc) is 2.88. The first-order valence-electron chi connectivity index (χ1n) is 11.2. The molecule has 3 amide bonds. The van der Waals surface area contributed by atoms with E-state index >= 15 is 0 Å². The van der Waals surface area contributed by atoms with Crippen molar-refractivity contribution in [3.63, 3.8) is 0 Å². The van der Waals surface area contributed by atoms with Crippen LogP contribution in [-0.2, 0) is 14.4 Å². The highest BCUT2D eigenvalue weighted by molar-refractivity contribution is 6.30. The van der Waals surface area contributed by atoms with E-state index in [1.165, 1.54) is 6.08 Å². The van der Waals surface area contributed by atoms with Crippen LogP contribution in [0, 0.1) is 0 Å². The molecule has 0 unspecified atom stereocenters. The Balaban J connectivity index is 1.53. The van der Waals surface area contributed by atoms with Crippen molar-refractivity contribution in [3.05, 3.63) is 40.9 Å². The van der Waals surface area contributed by atoms with Gasteiger partial charge in [0.05, 0.1) is 5.60 Å². The molecule has 2 aliphatic heterocycles. The number of benzene rings is 1. The van der Waals surface area contributed by atoms with Gasteiger partial charge in [-0.15, -0.1) is 0 Å².